The normalized spacial score (nSPS) is 12.7. The summed E-state index contributed by atoms with van der Waals surface area (Å²) in [6, 6.07) is 9.84. The number of benzene rings is 1. The second-order valence-electron chi connectivity index (χ2n) is 3.42. The third-order valence-electron chi connectivity index (χ3n) is 2.18. The number of hydrogen-bond donors (Lipinski definition) is 1. The fourth-order valence-corrected chi connectivity index (χ4v) is 1.42. The molecule has 15 heavy (non-hydrogen) atoms. The van der Waals surface area contributed by atoms with Crippen molar-refractivity contribution in [3.63, 3.8) is 0 Å². The van der Waals surface area contributed by atoms with Crippen LogP contribution in [0.4, 0.5) is 0 Å². The van der Waals surface area contributed by atoms with Gasteiger partial charge < -0.3 is 5.73 Å². The molecule has 0 saturated carbocycles. The Labute approximate surface area is 87.9 Å². The molecule has 2 N–H and O–H groups in total. The minimum Gasteiger partial charge on any atom is -0.324 e. The predicted octanol–water partition coefficient (Wildman–Crippen LogP) is 0.453. The van der Waals surface area contributed by atoms with E-state index in [2.05, 4.69) is 15.4 Å². The van der Waals surface area contributed by atoms with Crippen molar-refractivity contribution in [2.24, 2.45) is 12.8 Å². The minimum absolute atomic E-state index is 0.0737. The zero-order valence-electron chi connectivity index (χ0n) is 8.54. The van der Waals surface area contributed by atoms with Crippen LogP contribution >= 0.6 is 0 Å². The van der Waals surface area contributed by atoms with Gasteiger partial charge in [0.2, 0.25) is 0 Å². The van der Waals surface area contributed by atoms with Crippen LogP contribution in [0.3, 0.4) is 0 Å². The van der Waals surface area contributed by atoms with Gasteiger partial charge >= 0.3 is 0 Å². The Bertz CT molecular complexity index is 422. The summed E-state index contributed by atoms with van der Waals surface area (Å²) in [6.07, 6.45) is 0.609. The van der Waals surface area contributed by atoms with Gasteiger partial charge in [-0.15, -0.1) is 10.2 Å². The summed E-state index contributed by atoms with van der Waals surface area (Å²) in [5.41, 5.74) is 7.11. The maximum atomic E-state index is 6.02. The first kappa shape index (κ1) is 9.79. The molecule has 0 radical (unpaired) electrons. The molecular formula is C10H13N5. The molecule has 0 fully saturated rings. The lowest BCUT2D eigenvalue weighted by atomic mass is 10.1. The lowest BCUT2D eigenvalue weighted by Crippen LogP contribution is -2.14. The lowest BCUT2D eigenvalue weighted by molar-refractivity contribution is 0.622. The summed E-state index contributed by atoms with van der Waals surface area (Å²) in [7, 11) is 1.74. The summed E-state index contributed by atoms with van der Waals surface area (Å²) in [5.74, 6) is 0.675. The van der Waals surface area contributed by atoms with E-state index in [0.717, 1.165) is 5.56 Å². The first-order valence-electron chi connectivity index (χ1n) is 4.79. The molecule has 5 heteroatoms. The van der Waals surface area contributed by atoms with Gasteiger partial charge in [-0.25, -0.2) is 0 Å². The number of aryl methyl sites for hydroxylation is 1. The van der Waals surface area contributed by atoms with Gasteiger partial charge in [0.1, 0.15) is 0 Å². The highest BCUT2D eigenvalue weighted by atomic mass is 15.6. The Morgan fingerprint density at radius 2 is 2.07 bits per heavy atom. The number of nitrogens with zero attached hydrogens (tertiary/aromatic N) is 4. The molecular weight excluding hydrogens is 190 g/mol. The van der Waals surface area contributed by atoms with E-state index in [-0.39, 0.29) is 6.04 Å². The van der Waals surface area contributed by atoms with Gasteiger partial charge in [-0.3, -0.25) is 0 Å². The van der Waals surface area contributed by atoms with Gasteiger partial charge in [0.15, 0.2) is 5.82 Å². The Morgan fingerprint density at radius 3 is 2.67 bits per heavy atom. The molecule has 0 amide bonds. The molecule has 1 atom stereocenters. The molecule has 0 saturated heterocycles. The molecule has 1 unspecified atom stereocenters. The Balaban J connectivity index is 2.07. The molecule has 2 rings (SSSR count). The van der Waals surface area contributed by atoms with E-state index in [1.54, 1.807) is 7.05 Å². The molecule has 1 aromatic heterocycles. The van der Waals surface area contributed by atoms with Crippen molar-refractivity contribution in [1.29, 1.82) is 0 Å². The van der Waals surface area contributed by atoms with Crippen LogP contribution in [0.2, 0.25) is 0 Å². The van der Waals surface area contributed by atoms with Crippen LogP contribution in [-0.4, -0.2) is 20.2 Å². The van der Waals surface area contributed by atoms with Crippen LogP contribution < -0.4 is 5.73 Å². The van der Waals surface area contributed by atoms with Crippen LogP contribution in [0.25, 0.3) is 0 Å². The van der Waals surface area contributed by atoms with Crippen molar-refractivity contribution in [2.45, 2.75) is 12.5 Å². The van der Waals surface area contributed by atoms with Gasteiger partial charge in [0.05, 0.1) is 7.05 Å². The van der Waals surface area contributed by atoms with E-state index in [9.17, 15) is 0 Å². The SMILES string of the molecule is Cn1nnc(CC(N)c2ccccc2)n1. The average Bonchev–Trinajstić information content (AvgIpc) is 2.65. The monoisotopic (exact) mass is 203 g/mol. The number of tetrazole rings is 1. The Morgan fingerprint density at radius 1 is 1.33 bits per heavy atom. The van der Waals surface area contributed by atoms with E-state index in [4.69, 9.17) is 5.73 Å². The van der Waals surface area contributed by atoms with E-state index in [0.29, 0.717) is 12.2 Å². The van der Waals surface area contributed by atoms with E-state index < -0.39 is 0 Å². The fourth-order valence-electron chi connectivity index (χ4n) is 1.42. The number of aromatic nitrogens is 4. The average molecular weight is 203 g/mol. The van der Waals surface area contributed by atoms with Crippen molar-refractivity contribution in [2.75, 3.05) is 0 Å². The lowest BCUT2D eigenvalue weighted by Gasteiger charge is -2.08. The molecule has 2 aromatic rings. The third kappa shape index (κ3) is 2.38. The Hall–Kier alpha value is -1.75. The van der Waals surface area contributed by atoms with Gasteiger partial charge in [0, 0.05) is 12.5 Å². The molecule has 0 aliphatic carbocycles. The van der Waals surface area contributed by atoms with Crippen molar-refractivity contribution in [3.05, 3.63) is 41.7 Å². The summed E-state index contributed by atoms with van der Waals surface area (Å²) in [4.78, 5) is 1.44. The molecule has 1 heterocycles. The predicted molar refractivity (Wildman–Crippen MR) is 55.9 cm³/mol. The minimum atomic E-state index is -0.0737. The maximum Gasteiger partial charge on any atom is 0.176 e. The van der Waals surface area contributed by atoms with E-state index in [1.165, 1.54) is 4.80 Å². The number of hydrogen-bond acceptors (Lipinski definition) is 4. The van der Waals surface area contributed by atoms with Crippen LogP contribution in [0, 0.1) is 0 Å². The second kappa shape index (κ2) is 4.18. The molecule has 1 aromatic carbocycles. The quantitative estimate of drug-likeness (QED) is 0.786. The van der Waals surface area contributed by atoms with Crippen molar-refractivity contribution in [1.82, 2.24) is 20.2 Å². The zero-order valence-corrected chi connectivity index (χ0v) is 8.54. The molecule has 78 valence electrons. The largest absolute Gasteiger partial charge is 0.324 e. The molecule has 0 aliphatic heterocycles. The van der Waals surface area contributed by atoms with Crippen molar-refractivity contribution < 1.29 is 0 Å². The van der Waals surface area contributed by atoms with Crippen LogP contribution in [0.1, 0.15) is 17.4 Å². The number of rotatable bonds is 3. The van der Waals surface area contributed by atoms with E-state index in [1.807, 2.05) is 30.3 Å². The topological polar surface area (TPSA) is 69.6 Å². The highest BCUT2D eigenvalue weighted by Gasteiger charge is 2.09. The van der Waals surface area contributed by atoms with Gasteiger partial charge in [-0.05, 0) is 10.8 Å². The van der Waals surface area contributed by atoms with Gasteiger partial charge in [0.25, 0.3) is 0 Å². The fraction of sp³-hybridized carbons (Fsp3) is 0.300. The smallest absolute Gasteiger partial charge is 0.176 e. The summed E-state index contributed by atoms with van der Waals surface area (Å²) in [5, 5.41) is 11.8. The van der Waals surface area contributed by atoms with Crippen LogP contribution in [0.5, 0.6) is 0 Å². The molecule has 0 bridgehead atoms. The molecule has 0 spiro atoms. The standard InChI is InChI=1S/C10H13N5/c1-15-13-10(12-14-15)7-9(11)8-5-3-2-4-6-8/h2-6,9H,7,11H2,1H3. The van der Waals surface area contributed by atoms with Crippen molar-refractivity contribution >= 4 is 0 Å². The van der Waals surface area contributed by atoms with Gasteiger partial charge in [-0.2, -0.15) is 4.80 Å². The summed E-state index contributed by atoms with van der Waals surface area (Å²) in [6.45, 7) is 0. The van der Waals surface area contributed by atoms with Gasteiger partial charge in [-0.1, -0.05) is 30.3 Å². The highest BCUT2D eigenvalue weighted by Crippen LogP contribution is 2.12. The first-order valence-corrected chi connectivity index (χ1v) is 4.79. The van der Waals surface area contributed by atoms with Crippen LogP contribution in [-0.2, 0) is 13.5 Å². The summed E-state index contributed by atoms with van der Waals surface area (Å²) >= 11 is 0. The second-order valence-corrected chi connectivity index (χ2v) is 3.42. The van der Waals surface area contributed by atoms with E-state index >= 15 is 0 Å². The number of nitrogens with two attached hydrogens (primary N) is 1. The molecule has 5 nitrogen and oxygen atoms in total. The van der Waals surface area contributed by atoms with Crippen LogP contribution in [0.15, 0.2) is 30.3 Å². The third-order valence-corrected chi connectivity index (χ3v) is 2.18. The maximum absolute atomic E-state index is 6.02. The highest BCUT2D eigenvalue weighted by molar-refractivity contribution is 5.19. The Kier molecular flexibility index (Phi) is 2.73. The zero-order chi connectivity index (χ0) is 10.7. The molecule has 0 aliphatic rings. The first-order chi connectivity index (χ1) is 7.25. The van der Waals surface area contributed by atoms with Crippen molar-refractivity contribution in [3.8, 4) is 0 Å². The summed E-state index contributed by atoms with van der Waals surface area (Å²) < 4.78 is 0.